The fraction of sp³-hybridized carbons (Fsp3) is 0.0714. The molecule has 0 saturated carbocycles. The Morgan fingerprint density at radius 3 is 2.47 bits per heavy atom. The summed E-state index contributed by atoms with van der Waals surface area (Å²) in [5, 5.41) is 3.29. The second kappa shape index (κ2) is 6.04. The summed E-state index contributed by atoms with van der Waals surface area (Å²) < 4.78 is 6.24. The minimum absolute atomic E-state index is 0.349. The minimum atomic E-state index is 0.349. The molecule has 0 amide bonds. The Hall–Kier alpha value is -1.59. The molecule has 0 heterocycles. The highest BCUT2D eigenvalue weighted by Gasteiger charge is 2.07. The smallest absolute Gasteiger partial charge is 0.120 e. The van der Waals surface area contributed by atoms with Crippen LogP contribution in [0.3, 0.4) is 0 Å². The van der Waals surface area contributed by atoms with Crippen LogP contribution in [0.1, 0.15) is 5.56 Å². The van der Waals surface area contributed by atoms with Crippen molar-refractivity contribution >= 4 is 44.5 Å². The van der Waals surface area contributed by atoms with Crippen LogP contribution in [-0.2, 0) is 0 Å². The summed E-state index contributed by atoms with van der Waals surface area (Å²) in [5.74, 6) is 0.750. The zero-order chi connectivity index (χ0) is 13.8. The first-order valence-electron chi connectivity index (χ1n) is 5.60. The molecule has 0 saturated heterocycles. The number of halogens is 1. The van der Waals surface area contributed by atoms with Gasteiger partial charge in [0.05, 0.1) is 12.8 Å². The molecule has 2 aromatic carbocycles. The van der Waals surface area contributed by atoms with E-state index in [1.54, 1.807) is 7.11 Å². The first-order chi connectivity index (χ1) is 9.10. The van der Waals surface area contributed by atoms with Crippen LogP contribution >= 0.6 is 28.1 Å². The fourth-order valence-electron chi connectivity index (χ4n) is 1.66. The average Bonchev–Trinajstić information content (AvgIpc) is 2.41. The number of methoxy groups -OCH3 is 1. The van der Waals surface area contributed by atoms with Crippen LogP contribution in [0.4, 0.5) is 11.4 Å². The van der Waals surface area contributed by atoms with Crippen molar-refractivity contribution in [3.8, 4) is 5.75 Å². The Balaban J connectivity index is 2.36. The number of nitrogens with one attached hydrogen (secondary N) is 1. The summed E-state index contributed by atoms with van der Waals surface area (Å²) in [5.41, 5.74) is 8.30. The molecule has 0 radical (unpaired) electrons. The number of rotatable bonds is 4. The van der Waals surface area contributed by atoms with Crippen LogP contribution < -0.4 is 15.8 Å². The van der Waals surface area contributed by atoms with Gasteiger partial charge in [-0.15, -0.1) is 0 Å². The van der Waals surface area contributed by atoms with E-state index in [4.69, 9.17) is 22.7 Å². The first-order valence-corrected chi connectivity index (χ1v) is 6.80. The van der Waals surface area contributed by atoms with Crippen LogP contribution in [0.15, 0.2) is 46.9 Å². The Labute approximate surface area is 125 Å². The molecule has 0 aliphatic heterocycles. The van der Waals surface area contributed by atoms with E-state index >= 15 is 0 Å². The van der Waals surface area contributed by atoms with Gasteiger partial charge in [-0.2, -0.15) is 0 Å². The normalized spacial score (nSPS) is 10.0. The third-order valence-electron chi connectivity index (χ3n) is 2.62. The van der Waals surface area contributed by atoms with E-state index in [1.807, 2.05) is 42.5 Å². The van der Waals surface area contributed by atoms with Gasteiger partial charge in [-0.3, -0.25) is 0 Å². The van der Waals surface area contributed by atoms with Crippen molar-refractivity contribution in [2.45, 2.75) is 0 Å². The maximum Gasteiger partial charge on any atom is 0.120 e. The highest BCUT2D eigenvalue weighted by Crippen LogP contribution is 2.26. The van der Waals surface area contributed by atoms with E-state index < -0.39 is 0 Å². The second-order valence-electron chi connectivity index (χ2n) is 3.91. The van der Waals surface area contributed by atoms with Gasteiger partial charge < -0.3 is 15.8 Å². The molecule has 0 aliphatic carbocycles. The maximum atomic E-state index is 5.73. The molecule has 0 fully saturated rings. The summed E-state index contributed by atoms with van der Waals surface area (Å²) in [7, 11) is 1.62. The predicted octanol–water partition coefficient (Wildman–Crippen LogP) is 3.84. The molecule has 2 aromatic rings. The molecule has 3 N–H and O–H groups in total. The summed E-state index contributed by atoms with van der Waals surface area (Å²) >= 11 is 8.46. The van der Waals surface area contributed by atoms with Gasteiger partial charge in [0, 0.05) is 21.8 Å². The number of nitrogens with two attached hydrogens (primary N) is 1. The lowest BCUT2D eigenvalue weighted by Gasteiger charge is -2.13. The van der Waals surface area contributed by atoms with Gasteiger partial charge in [0.15, 0.2) is 0 Å². The topological polar surface area (TPSA) is 47.3 Å². The fourth-order valence-corrected chi connectivity index (χ4v) is 2.10. The van der Waals surface area contributed by atoms with Gasteiger partial charge in [-0.25, -0.2) is 0 Å². The molecule has 0 aromatic heterocycles. The zero-order valence-corrected chi connectivity index (χ0v) is 12.7. The molecule has 0 spiro atoms. The standard InChI is InChI=1S/C14H13BrN2OS/c1-18-11-6-7-12(14(16)19)13(8-11)17-10-4-2-9(15)3-5-10/h2-8,17H,1H3,(H2,16,19). The molecule has 3 nitrogen and oxygen atoms in total. The van der Waals surface area contributed by atoms with Gasteiger partial charge in [0.1, 0.15) is 10.7 Å². The van der Waals surface area contributed by atoms with Crippen LogP contribution in [0.2, 0.25) is 0 Å². The third kappa shape index (κ3) is 3.45. The highest BCUT2D eigenvalue weighted by molar-refractivity contribution is 9.10. The Morgan fingerprint density at radius 2 is 1.89 bits per heavy atom. The van der Waals surface area contributed by atoms with Crippen molar-refractivity contribution in [3.63, 3.8) is 0 Å². The summed E-state index contributed by atoms with van der Waals surface area (Å²) in [6.07, 6.45) is 0. The van der Waals surface area contributed by atoms with Gasteiger partial charge >= 0.3 is 0 Å². The molecule has 0 aliphatic rings. The predicted molar refractivity (Wildman–Crippen MR) is 86.3 cm³/mol. The number of benzene rings is 2. The van der Waals surface area contributed by atoms with Crippen LogP contribution in [-0.4, -0.2) is 12.1 Å². The number of anilines is 2. The van der Waals surface area contributed by atoms with E-state index in [2.05, 4.69) is 21.2 Å². The number of thiocarbonyl (C=S) groups is 1. The van der Waals surface area contributed by atoms with Gasteiger partial charge in [-0.1, -0.05) is 28.1 Å². The van der Waals surface area contributed by atoms with E-state index in [-0.39, 0.29) is 0 Å². The lowest BCUT2D eigenvalue weighted by atomic mass is 10.1. The molecule has 5 heteroatoms. The van der Waals surface area contributed by atoms with Crippen LogP contribution in [0.25, 0.3) is 0 Å². The summed E-state index contributed by atoms with van der Waals surface area (Å²) in [6.45, 7) is 0. The number of ether oxygens (including phenoxy) is 1. The monoisotopic (exact) mass is 336 g/mol. The van der Waals surface area contributed by atoms with Gasteiger partial charge in [-0.05, 0) is 36.4 Å². The maximum absolute atomic E-state index is 5.73. The van der Waals surface area contributed by atoms with Crippen molar-refractivity contribution in [1.29, 1.82) is 0 Å². The van der Waals surface area contributed by atoms with Crippen LogP contribution in [0, 0.1) is 0 Å². The van der Waals surface area contributed by atoms with Gasteiger partial charge in [0.2, 0.25) is 0 Å². The van der Waals surface area contributed by atoms with E-state index in [0.717, 1.165) is 27.2 Å². The first kappa shape index (κ1) is 13.8. The molecule has 19 heavy (non-hydrogen) atoms. The van der Waals surface area contributed by atoms with Crippen molar-refractivity contribution in [2.24, 2.45) is 5.73 Å². The molecular formula is C14H13BrN2OS. The summed E-state index contributed by atoms with van der Waals surface area (Å²) in [4.78, 5) is 0.349. The van der Waals surface area contributed by atoms with Crippen LogP contribution in [0.5, 0.6) is 5.75 Å². The molecule has 0 bridgehead atoms. The molecule has 2 rings (SSSR count). The minimum Gasteiger partial charge on any atom is -0.497 e. The van der Waals surface area contributed by atoms with Crippen molar-refractivity contribution in [2.75, 3.05) is 12.4 Å². The summed E-state index contributed by atoms with van der Waals surface area (Å²) in [6, 6.07) is 13.4. The number of hydrogen-bond acceptors (Lipinski definition) is 3. The molecule has 0 atom stereocenters. The van der Waals surface area contributed by atoms with E-state index in [9.17, 15) is 0 Å². The lowest BCUT2D eigenvalue weighted by Crippen LogP contribution is -2.12. The zero-order valence-electron chi connectivity index (χ0n) is 10.3. The van der Waals surface area contributed by atoms with Crippen molar-refractivity contribution in [3.05, 3.63) is 52.5 Å². The molecule has 0 unspecified atom stereocenters. The Morgan fingerprint density at radius 1 is 1.21 bits per heavy atom. The Bertz CT molecular complexity index is 599. The van der Waals surface area contributed by atoms with E-state index in [0.29, 0.717) is 4.99 Å². The average molecular weight is 337 g/mol. The Kier molecular flexibility index (Phi) is 4.39. The second-order valence-corrected chi connectivity index (χ2v) is 5.26. The number of hydrogen-bond donors (Lipinski definition) is 2. The highest BCUT2D eigenvalue weighted by atomic mass is 79.9. The van der Waals surface area contributed by atoms with Crippen molar-refractivity contribution in [1.82, 2.24) is 0 Å². The largest absolute Gasteiger partial charge is 0.497 e. The molecule has 98 valence electrons. The van der Waals surface area contributed by atoms with Gasteiger partial charge in [0.25, 0.3) is 0 Å². The lowest BCUT2D eigenvalue weighted by molar-refractivity contribution is 0.415. The van der Waals surface area contributed by atoms with Crippen molar-refractivity contribution < 1.29 is 4.74 Å². The third-order valence-corrected chi connectivity index (χ3v) is 3.36. The SMILES string of the molecule is COc1ccc(C(N)=S)c(Nc2ccc(Br)cc2)c1. The van der Waals surface area contributed by atoms with E-state index in [1.165, 1.54) is 0 Å². The quantitative estimate of drug-likeness (QED) is 0.833. The molecular weight excluding hydrogens is 324 g/mol.